The quantitative estimate of drug-likeness (QED) is 0.142. The number of aliphatic carboxylic acids is 2. The van der Waals surface area contributed by atoms with Crippen LogP contribution in [0.15, 0.2) is 36.4 Å². The van der Waals surface area contributed by atoms with E-state index in [0.29, 0.717) is 38.2 Å². The van der Waals surface area contributed by atoms with Crippen molar-refractivity contribution < 1.29 is 57.1 Å². The summed E-state index contributed by atoms with van der Waals surface area (Å²) in [5, 5.41) is 45.8. The smallest absolute Gasteiger partial charge is 0.335 e. The van der Waals surface area contributed by atoms with Crippen molar-refractivity contribution in [2.45, 2.75) is 56.0 Å². The zero-order chi connectivity index (χ0) is 34.6. The standard InChI is InChI=1S/C27H31F5N4O.C4H6O6/c1-16-9-20-19-5-2-3-6-23(19)34-25(20)26(36(16)14-27(31,32)15-37)24-21(29)10-17(11-22(24)30)33-18-12-35(13-18)8-4-7-28;5-1(3(7)8)2(6)4(9)10/h2-3,5-6,10-11,16,18,26,33-34,37H,4,7-9,12-15H2,1H3;1-2,5-6H,(H,7,8)(H,9,10)/t16-,26-;1-,2-/m11/s1. The van der Waals surface area contributed by atoms with Crippen LogP contribution in [0.2, 0.25) is 0 Å². The molecule has 16 heteroatoms. The summed E-state index contributed by atoms with van der Waals surface area (Å²) >= 11 is 0. The second-order valence-electron chi connectivity index (χ2n) is 11.8. The number of hydrogen-bond donors (Lipinski definition) is 7. The zero-order valence-electron chi connectivity index (χ0n) is 25.3. The van der Waals surface area contributed by atoms with E-state index in [1.165, 1.54) is 17.0 Å². The lowest BCUT2D eigenvalue weighted by Crippen LogP contribution is -2.54. The van der Waals surface area contributed by atoms with E-state index in [2.05, 4.69) is 15.2 Å². The first-order chi connectivity index (χ1) is 22.2. The van der Waals surface area contributed by atoms with Gasteiger partial charge in [0.15, 0.2) is 12.2 Å². The number of carbonyl (C=O) groups is 2. The predicted octanol–water partition coefficient (Wildman–Crippen LogP) is 2.74. The van der Waals surface area contributed by atoms with Crippen molar-refractivity contribution in [3.05, 3.63) is 64.9 Å². The third kappa shape index (κ3) is 8.19. The summed E-state index contributed by atoms with van der Waals surface area (Å²) in [6.07, 6.45) is -3.66. The van der Waals surface area contributed by atoms with E-state index in [9.17, 15) is 27.9 Å². The van der Waals surface area contributed by atoms with E-state index >= 15 is 8.78 Å². The molecule has 1 fully saturated rings. The molecule has 2 aliphatic rings. The predicted molar refractivity (Wildman–Crippen MR) is 160 cm³/mol. The molecule has 1 saturated heterocycles. The number of para-hydroxylation sites is 1. The number of aromatic nitrogens is 1. The molecule has 2 aliphatic heterocycles. The lowest BCUT2D eigenvalue weighted by atomic mass is 9.87. The average molecular weight is 673 g/mol. The molecular weight excluding hydrogens is 635 g/mol. The number of aliphatic hydroxyl groups excluding tert-OH is 3. The van der Waals surface area contributed by atoms with Crippen molar-refractivity contribution in [1.29, 1.82) is 0 Å². The maximum atomic E-state index is 15.7. The molecule has 0 radical (unpaired) electrons. The molecule has 2 aromatic carbocycles. The Kier molecular flexibility index (Phi) is 11.4. The number of anilines is 1. The minimum atomic E-state index is -3.44. The third-order valence-corrected chi connectivity index (χ3v) is 8.26. The van der Waals surface area contributed by atoms with Crippen LogP contribution < -0.4 is 5.32 Å². The van der Waals surface area contributed by atoms with Gasteiger partial charge in [0.25, 0.3) is 5.92 Å². The van der Waals surface area contributed by atoms with E-state index in [-0.39, 0.29) is 24.0 Å². The van der Waals surface area contributed by atoms with Gasteiger partial charge < -0.3 is 35.8 Å². The van der Waals surface area contributed by atoms with Gasteiger partial charge in [-0.25, -0.2) is 27.2 Å². The first kappa shape index (κ1) is 36.0. The summed E-state index contributed by atoms with van der Waals surface area (Å²) in [6, 6.07) is 8.25. The van der Waals surface area contributed by atoms with Gasteiger partial charge in [0.1, 0.15) is 18.2 Å². The average Bonchev–Trinajstić information content (AvgIpc) is 3.36. The molecule has 11 nitrogen and oxygen atoms in total. The van der Waals surface area contributed by atoms with Gasteiger partial charge in [-0.15, -0.1) is 0 Å². The highest BCUT2D eigenvalue weighted by Gasteiger charge is 2.43. The first-order valence-corrected chi connectivity index (χ1v) is 14.9. The van der Waals surface area contributed by atoms with E-state index in [0.717, 1.165) is 16.5 Å². The number of nitrogens with one attached hydrogen (secondary N) is 2. The van der Waals surface area contributed by atoms with Crippen molar-refractivity contribution >= 4 is 28.5 Å². The Hall–Kier alpha value is -3.83. The van der Waals surface area contributed by atoms with Crippen molar-refractivity contribution in [3.8, 4) is 0 Å². The Balaban J connectivity index is 0.000000434. The molecule has 0 bridgehead atoms. The van der Waals surface area contributed by atoms with Crippen LogP contribution in [0.4, 0.5) is 27.6 Å². The summed E-state index contributed by atoms with van der Waals surface area (Å²) in [5.74, 6) is -8.65. The van der Waals surface area contributed by atoms with E-state index in [1.54, 1.807) is 6.92 Å². The highest BCUT2D eigenvalue weighted by atomic mass is 19.3. The Morgan fingerprint density at radius 1 is 1.06 bits per heavy atom. The van der Waals surface area contributed by atoms with E-state index in [4.69, 9.17) is 20.4 Å². The van der Waals surface area contributed by atoms with Gasteiger partial charge in [-0.05, 0) is 43.5 Å². The van der Waals surface area contributed by atoms with Crippen molar-refractivity contribution in [2.75, 3.05) is 44.8 Å². The third-order valence-electron chi connectivity index (χ3n) is 8.26. The number of fused-ring (bicyclic) bond motifs is 3. The number of alkyl halides is 3. The van der Waals surface area contributed by atoms with Crippen LogP contribution >= 0.6 is 0 Å². The molecule has 4 atom stereocenters. The van der Waals surface area contributed by atoms with Gasteiger partial charge in [-0.2, -0.15) is 0 Å². The highest BCUT2D eigenvalue weighted by Crippen LogP contribution is 2.43. The van der Waals surface area contributed by atoms with Crippen LogP contribution in [0.25, 0.3) is 10.9 Å². The minimum Gasteiger partial charge on any atom is -0.479 e. The van der Waals surface area contributed by atoms with Crippen LogP contribution in [0.5, 0.6) is 0 Å². The Labute approximate surface area is 266 Å². The zero-order valence-corrected chi connectivity index (χ0v) is 25.3. The molecule has 1 aromatic heterocycles. The van der Waals surface area contributed by atoms with Crippen molar-refractivity contribution in [2.24, 2.45) is 0 Å². The van der Waals surface area contributed by atoms with Crippen LogP contribution in [0.1, 0.15) is 36.2 Å². The van der Waals surface area contributed by atoms with Gasteiger partial charge in [-0.3, -0.25) is 14.2 Å². The Bertz CT molecular complexity index is 1530. The van der Waals surface area contributed by atoms with E-state index in [1.807, 2.05) is 24.3 Å². The SMILES string of the molecule is C[C@@H]1Cc2c([nH]c3ccccc23)[C@@H](c2c(F)cc(NC3CN(CCCF)C3)cc2F)N1CC(F)(F)CO.O=C(O)[C@H](O)[C@@H](O)C(=O)O. The maximum absolute atomic E-state index is 15.7. The normalized spacial score (nSPS) is 20.1. The second-order valence-corrected chi connectivity index (χ2v) is 11.8. The molecule has 3 aromatic rings. The van der Waals surface area contributed by atoms with Gasteiger partial charge >= 0.3 is 11.9 Å². The Morgan fingerprint density at radius 3 is 2.21 bits per heavy atom. The lowest BCUT2D eigenvalue weighted by molar-refractivity contribution is -0.165. The Morgan fingerprint density at radius 2 is 1.66 bits per heavy atom. The number of halogens is 5. The molecule has 0 saturated carbocycles. The van der Waals surface area contributed by atoms with Crippen LogP contribution in [0.3, 0.4) is 0 Å². The number of likely N-dealkylation sites (tertiary alicyclic amines) is 1. The molecular formula is C31H37F5N4O7. The van der Waals surface area contributed by atoms with Crippen molar-refractivity contribution in [3.63, 3.8) is 0 Å². The summed E-state index contributed by atoms with van der Waals surface area (Å²) in [5.41, 5.74) is 2.05. The summed E-state index contributed by atoms with van der Waals surface area (Å²) < 4.78 is 72.5. The molecule has 3 heterocycles. The molecule has 47 heavy (non-hydrogen) atoms. The highest BCUT2D eigenvalue weighted by molar-refractivity contribution is 5.85. The fourth-order valence-electron chi connectivity index (χ4n) is 5.94. The fourth-order valence-corrected chi connectivity index (χ4v) is 5.94. The molecule has 0 aliphatic carbocycles. The monoisotopic (exact) mass is 672 g/mol. The molecule has 7 N–H and O–H groups in total. The number of carboxylic acid groups (broad SMARTS) is 2. The summed E-state index contributed by atoms with van der Waals surface area (Å²) in [4.78, 5) is 26.2. The van der Waals surface area contributed by atoms with Gasteiger partial charge in [0, 0.05) is 53.5 Å². The topological polar surface area (TPSA) is 170 Å². The number of aromatic amines is 1. The molecule has 258 valence electrons. The van der Waals surface area contributed by atoms with Crippen LogP contribution in [-0.2, 0) is 16.0 Å². The van der Waals surface area contributed by atoms with Crippen molar-refractivity contribution in [1.82, 2.24) is 14.8 Å². The second kappa shape index (κ2) is 14.9. The van der Waals surface area contributed by atoms with Gasteiger partial charge in [0.2, 0.25) is 0 Å². The van der Waals surface area contributed by atoms with Crippen LogP contribution in [-0.4, -0.2) is 122 Å². The number of nitrogens with zero attached hydrogens (tertiary/aromatic N) is 2. The minimum absolute atomic E-state index is 0.0148. The number of rotatable bonds is 12. The molecule has 0 spiro atoms. The number of carboxylic acids is 2. The van der Waals surface area contributed by atoms with Crippen LogP contribution in [0, 0.1) is 11.6 Å². The van der Waals surface area contributed by atoms with Gasteiger partial charge in [-0.1, -0.05) is 18.2 Å². The molecule has 5 rings (SSSR count). The number of benzene rings is 2. The number of hydrogen-bond acceptors (Lipinski definition) is 8. The lowest BCUT2D eigenvalue weighted by Gasteiger charge is -2.42. The summed E-state index contributed by atoms with van der Waals surface area (Å²) in [7, 11) is 0. The van der Waals surface area contributed by atoms with Gasteiger partial charge in [0.05, 0.1) is 25.3 Å². The number of H-pyrrole nitrogens is 1. The van der Waals surface area contributed by atoms with E-state index < -0.39 is 66.9 Å². The largest absolute Gasteiger partial charge is 0.479 e. The molecule has 0 amide bonds. The molecule has 0 unspecified atom stereocenters. The maximum Gasteiger partial charge on any atom is 0.335 e. The fraction of sp³-hybridized carbons (Fsp3) is 0.484. The summed E-state index contributed by atoms with van der Waals surface area (Å²) in [6.45, 7) is 1.09. The number of aliphatic hydroxyl groups is 3. The first-order valence-electron chi connectivity index (χ1n) is 14.9.